The summed E-state index contributed by atoms with van der Waals surface area (Å²) in [7, 11) is 1.61. The van der Waals surface area contributed by atoms with Crippen LogP contribution in [-0.2, 0) is 11.3 Å². The van der Waals surface area contributed by atoms with Crippen molar-refractivity contribution < 1.29 is 9.53 Å². The minimum Gasteiger partial charge on any atom is -0.383 e. The number of pyridine rings is 1. The van der Waals surface area contributed by atoms with E-state index in [4.69, 9.17) is 9.84 Å². The van der Waals surface area contributed by atoms with Gasteiger partial charge in [-0.1, -0.05) is 18.9 Å². The molecule has 2 heterocycles. The maximum atomic E-state index is 11.8. The van der Waals surface area contributed by atoms with Gasteiger partial charge in [-0.05, 0) is 31.0 Å². The van der Waals surface area contributed by atoms with Gasteiger partial charge >= 0.3 is 6.03 Å². The summed E-state index contributed by atoms with van der Waals surface area (Å²) < 4.78 is 7.01. The minimum atomic E-state index is -0.216. The topological polar surface area (TPSA) is 81.1 Å². The minimum absolute atomic E-state index is 0.216. The van der Waals surface area contributed by atoms with Crippen molar-refractivity contribution in [1.29, 1.82) is 0 Å². The fraction of sp³-hybridized carbons (Fsp3) is 0.500. The van der Waals surface area contributed by atoms with E-state index in [0.29, 0.717) is 25.7 Å². The van der Waals surface area contributed by atoms with Crippen LogP contribution in [0.2, 0.25) is 0 Å². The number of carbonyl (C=O) groups excluding carboxylic acids is 1. The number of carbonyl (C=O) groups is 1. The number of amides is 2. The monoisotopic (exact) mass is 343 g/mol. The van der Waals surface area contributed by atoms with E-state index in [0.717, 1.165) is 29.9 Å². The Bertz CT molecular complexity index is 680. The van der Waals surface area contributed by atoms with Crippen molar-refractivity contribution in [1.82, 2.24) is 25.4 Å². The number of nitrogens with one attached hydrogen (secondary N) is 2. The number of methoxy groups -OCH3 is 1. The third-order valence-electron chi connectivity index (χ3n) is 4.41. The lowest BCUT2D eigenvalue weighted by atomic mass is 10.2. The predicted molar refractivity (Wildman–Crippen MR) is 95.1 cm³/mol. The van der Waals surface area contributed by atoms with Gasteiger partial charge in [-0.2, -0.15) is 5.10 Å². The van der Waals surface area contributed by atoms with Crippen molar-refractivity contribution in [2.24, 2.45) is 0 Å². The van der Waals surface area contributed by atoms with Gasteiger partial charge in [0.1, 0.15) is 0 Å². The smallest absolute Gasteiger partial charge is 0.315 e. The quantitative estimate of drug-likeness (QED) is 0.757. The molecule has 2 N–H and O–H groups in total. The number of hydrogen-bond acceptors (Lipinski definition) is 4. The van der Waals surface area contributed by atoms with Gasteiger partial charge in [0.2, 0.25) is 0 Å². The predicted octanol–water partition coefficient (Wildman–Crippen LogP) is 2.51. The third kappa shape index (κ3) is 4.57. The average molecular weight is 343 g/mol. The molecule has 1 fully saturated rings. The zero-order chi connectivity index (χ0) is 17.5. The Hall–Kier alpha value is -2.41. The van der Waals surface area contributed by atoms with Crippen LogP contribution in [0.5, 0.6) is 0 Å². The summed E-state index contributed by atoms with van der Waals surface area (Å²) in [6.45, 7) is 1.37. The van der Waals surface area contributed by atoms with Gasteiger partial charge in [0.05, 0.1) is 36.3 Å². The number of ether oxygens (including phenoxy) is 1. The molecule has 0 radical (unpaired) electrons. The zero-order valence-electron chi connectivity index (χ0n) is 14.6. The van der Waals surface area contributed by atoms with E-state index in [1.54, 1.807) is 13.3 Å². The maximum Gasteiger partial charge on any atom is 0.315 e. The highest BCUT2D eigenvalue weighted by atomic mass is 16.5. The summed E-state index contributed by atoms with van der Waals surface area (Å²) in [5, 5.41) is 10.3. The van der Waals surface area contributed by atoms with Crippen molar-refractivity contribution in [3.8, 4) is 11.4 Å². The summed E-state index contributed by atoms with van der Waals surface area (Å²) in [4.78, 5) is 16.2. The lowest BCUT2D eigenvalue weighted by Gasteiger charge is -2.13. The lowest BCUT2D eigenvalue weighted by Crippen LogP contribution is -2.36. The molecule has 0 atom stereocenters. The van der Waals surface area contributed by atoms with Crippen LogP contribution in [0.15, 0.2) is 30.5 Å². The fourth-order valence-corrected chi connectivity index (χ4v) is 3.16. The molecule has 7 nitrogen and oxygen atoms in total. The Morgan fingerprint density at radius 2 is 2.16 bits per heavy atom. The number of aromatic nitrogens is 3. The van der Waals surface area contributed by atoms with Crippen molar-refractivity contribution in [3.63, 3.8) is 0 Å². The van der Waals surface area contributed by atoms with Crippen LogP contribution in [0.3, 0.4) is 0 Å². The second-order valence-corrected chi connectivity index (χ2v) is 6.22. The SMILES string of the molecule is COCCNC(=O)NCc1cc(-c2ccccn2)n(C2CCCC2)n1. The number of rotatable bonds is 7. The first-order valence-corrected chi connectivity index (χ1v) is 8.78. The lowest BCUT2D eigenvalue weighted by molar-refractivity contribution is 0.195. The summed E-state index contributed by atoms with van der Waals surface area (Å²) in [5.74, 6) is 0. The van der Waals surface area contributed by atoms with Gasteiger partial charge in [0.15, 0.2) is 0 Å². The zero-order valence-corrected chi connectivity index (χ0v) is 14.6. The molecule has 1 saturated carbocycles. The van der Waals surface area contributed by atoms with E-state index < -0.39 is 0 Å². The Morgan fingerprint density at radius 1 is 1.32 bits per heavy atom. The van der Waals surface area contributed by atoms with E-state index in [9.17, 15) is 4.79 Å². The molecule has 1 aliphatic carbocycles. The highest BCUT2D eigenvalue weighted by Gasteiger charge is 2.22. The van der Waals surface area contributed by atoms with Crippen molar-refractivity contribution in [2.45, 2.75) is 38.3 Å². The maximum absolute atomic E-state index is 11.8. The van der Waals surface area contributed by atoms with Crippen LogP contribution in [0.1, 0.15) is 37.4 Å². The first-order valence-electron chi connectivity index (χ1n) is 8.78. The molecule has 1 aliphatic rings. The van der Waals surface area contributed by atoms with Crippen LogP contribution in [0.25, 0.3) is 11.4 Å². The fourth-order valence-electron chi connectivity index (χ4n) is 3.16. The molecule has 134 valence electrons. The van der Waals surface area contributed by atoms with Gasteiger partial charge in [0.25, 0.3) is 0 Å². The second kappa shape index (κ2) is 8.62. The van der Waals surface area contributed by atoms with Gasteiger partial charge in [-0.15, -0.1) is 0 Å². The molecule has 25 heavy (non-hydrogen) atoms. The Balaban J connectivity index is 1.71. The highest BCUT2D eigenvalue weighted by molar-refractivity contribution is 5.73. The van der Waals surface area contributed by atoms with E-state index in [2.05, 4.69) is 20.3 Å². The van der Waals surface area contributed by atoms with E-state index in [1.165, 1.54) is 12.8 Å². The van der Waals surface area contributed by atoms with Gasteiger partial charge in [-0.3, -0.25) is 9.67 Å². The average Bonchev–Trinajstić information content (AvgIpc) is 3.30. The number of nitrogens with zero attached hydrogens (tertiary/aromatic N) is 3. The Labute approximate surface area is 147 Å². The van der Waals surface area contributed by atoms with E-state index in [1.807, 2.05) is 24.3 Å². The third-order valence-corrected chi connectivity index (χ3v) is 4.41. The molecule has 0 spiro atoms. The molecule has 7 heteroatoms. The molecule has 0 bridgehead atoms. The molecule has 3 rings (SSSR count). The first-order chi connectivity index (χ1) is 12.3. The van der Waals surface area contributed by atoms with E-state index >= 15 is 0 Å². The normalized spacial score (nSPS) is 14.6. The van der Waals surface area contributed by atoms with Crippen molar-refractivity contribution in [2.75, 3.05) is 20.3 Å². The van der Waals surface area contributed by atoms with Crippen LogP contribution in [0, 0.1) is 0 Å². The van der Waals surface area contributed by atoms with Gasteiger partial charge in [0, 0.05) is 19.9 Å². The summed E-state index contributed by atoms with van der Waals surface area (Å²) in [6.07, 6.45) is 6.56. The van der Waals surface area contributed by atoms with Crippen LogP contribution in [-0.4, -0.2) is 41.1 Å². The molecule has 0 unspecified atom stereocenters. The van der Waals surface area contributed by atoms with Crippen molar-refractivity contribution >= 4 is 6.03 Å². The van der Waals surface area contributed by atoms with E-state index in [-0.39, 0.29) is 6.03 Å². The summed E-state index contributed by atoms with van der Waals surface area (Å²) >= 11 is 0. The largest absolute Gasteiger partial charge is 0.383 e. The summed E-state index contributed by atoms with van der Waals surface area (Å²) in [6, 6.07) is 8.11. The molecule has 0 saturated heterocycles. The molecular formula is C18H25N5O2. The molecule has 2 amide bonds. The van der Waals surface area contributed by atoms with Gasteiger partial charge < -0.3 is 15.4 Å². The van der Waals surface area contributed by atoms with Crippen molar-refractivity contribution in [3.05, 3.63) is 36.2 Å². The van der Waals surface area contributed by atoms with Crippen LogP contribution >= 0.6 is 0 Å². The molecule has 2 aromatic heterocycles. The first kappa shape index (κ1) is 17.4. The standard InChI is InChI=1S/C18H25N5O2/c1-25-11-10-20-18(24)21-13-14-12-17(16-8-4-5-9-19-16)23(22-14)15-6-2-3-7-15/h4-5,8-9,12,15H,2-3,6-7,10-11,13H2,1H3,(H2,20,21,24). The molecule has 0 aliphatic heterocycles. The molecule has 0 aromatic carbocycles. The summed E-state index contributed by atoms with van der Waals surface area (Å²) in [5.41, 5.74) is 2.77. The van der Waals surface area contributed by atoms with Crippen LogP contribution < -0.4 is 10.6 Å². The second-order valence-electron chi connectivity index (χ2n) is 6.22. The molecular weight excluding hydrogens is 318 g/mol. The molecule has 2 aromatic rings. The van der Waals surface area contributed by atoms with Crippen LogP contribution in [0.4, 0.5) is 4.79 Å². The van der Waals surface area contributed by atoms with Gasteiger partial charge in [-0.25, -0.2) is 4.79 Å². The highest BCUT2D eigenvalue weighted by Crippen LogP contribution is 2.33. The number of hydrogen-bond donors (Lipinski definition) is 2. The Morgan fingerprint density at radius 3 is 2.88 bits per heavy atom. The Kier molecular flexibility index (Phi) is 6.00. The number of urea groups is 1.